The van der Waals surface area contributed by atoms with Gasteiger partial charge in [-0.1, -0.05) is 0 Å². The smallest absolute Gasteiger partial charge is 0.355 e. The van der Waals surface area contributed by atoms with Gasteiger partial charge < -0.3 is 11.1 Å². The standard InChI is InChI=1S/C11H20F3N3O.2ClH/c12-11(13,14)8-17-5-2-9(3-6-17)1-4-16-10(18)7-15;;/h9H,1-8,15H2,(H,16,18);2*1H. The predicted octanol–water partition coefficient (Wildman–Crippen LogP) is 1.57. The van der Waals surface area contributed by atoms with Crippen LogP contribution in [0.4, 0.5) is 13.2 Å². The molecular weight excluding hydrogens is 318 g/mol. The summed E-state index contributed by atoms with van der Waals surface area (Å²) in [4.78, 5) is 12.3. The van der Waals surface area contributed by atoms with E-state index in [4.69, 9.17) is 5.73 Å². The summed E-state index contributed by atoms with van der Waals surface area (Å²) in [5, 5.41) is 2.67. The van der Waals surface area contributed by atoms with Crippen molar-refractivity contribution in [2.45, 2.75) is 25.4 Å². The minimum Gasteiger partial charge on any atom is -0.355 e. The second-order valence-corrected chi connectivity index (χ2v) is 4.68. The molecule has 0 saturated carbocycles. The summed E-state index contributed by atoms with van der Waals surface area (Å²) in [6, 6.07) is 0. The van der Waals surface area contributed by atoms with Crippen LogP contribution in [-0.2, 0) is 4.79 Å². The van der Waals surface area contributed by atoms with Crippen LogP contribution in [0.1, 0.15) is 19.3 Å². The zero-order valence-electron chi connectivity index (χ0n) is 11.1. The van der Waals surface area contributed by atoms with Gasteiger partial charge in [0.25, 0.3) is 0 Å². The molecule has 1 heterocycles. The van der Waals surface area contributed by atoms with Crippen LogP contribution in [0, 0.1) is 5.92 Å². The van der Waals surface area contributed by atoms with Crippen molar-refractivity contribution in [3.63, 3.8) is 0 Å². The number of hydrogen-bond donors (Lipinski definition) is 2. The molecule has 4 nitrogen and oxygen atoms in total. The molecule has 0 aromatic rings. The van der Waals surface area contributed by atoms with Gasteiger partial charge in [0, 0.05) is 6.54 Å². The molecule has 0 aliphatic carbocycles. The van der Waals surface area contributed by atoms with Gasteiger partial charge in [-0.3, -0.25) is 9.69 Å². The maximum absolute atomic E-state index is 12.2. The first-order valence-corrected chi connectivity index (χ1v) is 6.16. The van der Waals surface area contributed by atoms with E-state index < -0.39 is 12.7 Å². The van der Waals surface area contributed by atoms with Gasteiger partial charge in [-0.25, -0.2) is 0 Å². The van der Waals surface area contributed by atoms with Crippen LogP contribution in [0.5, 0.6) is 0 Å². The van der Waals surface area contributed by atoms with E-state index in [1.165, 1.54) is 4.90 Å². The van der Waals surface area contributed by atoms with Crippen molar-refractivity contribution < 1.29 is 18.0 Å². The number of carbonyl (C=O) groups excluding carboxylic acids is 1. The lowest BCUT2D eigenvalue weighted by Gasteiger charge is -2.32. The van der Waals surface area contributed by atoms with E-state index in [2.05, 4.69) is 5.32 Å². The molecule has 0 radical (unpaired) electrons. The molecule has 0 spiro atoms. The molecule has 0 bridgehead atoms. The Kier molecular flexibility index (Phi) is 11.6. The number of halogens is 5. The molecule has 9 heteroatoms. The minimum atomic E-state index is -4.11. The van der Waals surface area contributed by atoms with Gasteiger partial charge in [0.1, 0.15) is 0 Å². The van der Waals surface area contributed by atoms with Crippen LogP contribution in [0.15, 0.2) is 0 Å². The minimum absolute atomic E-state index is 0. The zero-order valence-corrected chi connectivity index (χ0v) is 12.8. The van der Waals surface area contributed by atoms with Crippen molar-refractivity contribution >= 4 is 30.7 Å². The fourth-order valence-corrected chi connectivity index (χ4v) is 2.17. The number of nitrogens with zero attached hydrogens (tertiary/aromatic N) is 1. The third-order valence-corrected chi connectivity index (χ3v) is 3.17. The Balaban J connectivity index is 0. The van der Waals surface area contributed by atoms with Crippen LogP contribution in [0.2, 0.25) is 0 Å². The summed E-state index contributed by atoms with van der Waals surface area (Å²) in [6.07, 6.45) is -1.78. The first-order valence-electron chi connectivity index (χ1n) is 6.16. The average molecular weight is 340 g/mol. The molecule has 0 aromatic carbocycles. The summed E-state index contributed by atoms with van der Waals surface area (Å²) < 4.78 is 36.5. The highest BCUT2D eigenvalue weighted by Crippen LogP contribution is 2.23. The molecule has 3 N–H and O–H groups in total. The number of amides is 1. The van der Waals surface area contributed by atoms with Crippen LogP contribution in [0.25, 0.3) is 0 Å². The summed E-state index contributed by atoms with van der Waals surface area (Å²) in [6.45, 7) is 0.678. The fraction of sp³-hybridized carbons (Fsp3) is 0.909. The first kappa shape index (κ1) is 22.0. The van der Waals surface area contributed by atoms with Crippen molar-refractivity contribution in [1.82, 2.24) is 10.2 Å². The van der Waals surface area contributed by atoms with E-state index in [0.29, 0.717) is 25.6 Å². The number of nitrogens with one attached hydrogen (secondary N) is 1. The molecule has 0 aromatic heterocycles. The van der Waals surface area contributed by atoms with Gasteiger partial charge >= 0.3 is 6.18 Å². The van der Waals surface area contributed by atoms with Crippen LogP contribution in [0.3, 0.4) is 0 Å². The summed E-state index contributed by atoms with van der Waals surface area (Å²) in [7, 11) is 0. The van der Waals surface area contributed by atoms with Crippen LogP contribution < -0.4 is 11.1 Å². The Morgan fingerprint density at radius 3 is 2.25 bits per heavy atom. The van der Waals surface area contributed by atoms with Crippen molar-refractivity contribution in [1.29, 1.82) is 0 Å². The molecule has 0 atom stereocenters. The molecule has 1 aliphatic heterocycles. The molecule has 1 aliphatic rings. The lowest BCUT2D eigenvalue weighted by molar-refractivity contribution is -0.148. The van der Waals surface area contributed by atoms with Gasteiger partial charge in [0.15, 0.2) is 0 Å². The van der Waals surface area contributed by atoms with Gasteiger partial charge in [0.2, 0.25) is 5.91 Å². The maximum Gasteiger partial charge on any atom is 0.401 e. The van der Waals surface area contributed by atoms with Crippen molar-refractivity contribution in [2.75, 3.05) is 32.7 Å². The first-order chi connectivity index (χ1) is 8.40. The van der Waals surface area contributed by atoms with E-state index in [0.717, 1.165) is 19.3 Å². The van der Waals surface area contributed by atoms with E-state index in [1.54, 1.807) is 0 Å². The molecule has 20 heavy (non-hydrogen) atoms. The highest BCUT2D eigenvalue weighted by molar-refractivity contribution is 5.85. The molecule has 1 rings (SSSR count). The molecule has 1 fully saturated rings. The number of hydrogen-bond acceptors (Lipinski definition) is 3. The predicted molar refractivity (Wildman–Crippen MR) is 76.4 cm³/mol. The normalized spacial score (nSPS) is 17.0. The highest BCUT2D eigenvalue weighted by Gasteiger charge is 2.32. The average Bonchev–Trinajstić information content (AvgIpc) is 2.29. The van der Waals surface area contributed by atoms with Gasteiger partial charge in [0.05, 0.1) is 13.1 Å². The Morgan fingerprint density at radius 2 is 1.80 bits per heavy atom. The highest BCUT2D eigenvalue weighted by atomic mass is 35.5. The van der Waals surface area contributed by atoms with Gasteiger partial charge in [-0.15, -0.1) is 24.8 Å². The maximum atomic E-state index is 12.2. The Morgan fingerprint density at radius 1 is 1.25 bits per heavy atom. The topological polar surface area (TPSA) is 58.4 Å². The van der Waals surface area contributed by atoms with Gasteiger partial charge in [-0.05, 0) is 38.3 Å². The summed E-state index contributed by atoms with van der Waals surface area (Å²) in [5.41, 5.74) is 5.14. The molecule has 0 unspecified atom stereocenters. The van der Waals surface area contributed by atoms with Crippen molar-refractivity contribution in [2.24, 2.45) is 11.7 Å². The third kappa shape index (κ3) is 9.63. The molecule has 1 saturated heterocycles. The van der Waals surface area contributed by atoms with Crippen molar-refractivity contribution in [3.05, 3.63) is 0 Å². The monoisotopic (exact) mass is 339 g/mol. The molecule has 1 amide bonds. The summed E-state index contributed by atoms with van der Waals surface area (Å²) in [5.74, 6) is 0.206. The number of nitrogens with two attached hydrogens (primary N) is 1. The van der Waals surface area contributed by atoms with E-state index in [9.17, 15) is 18.0 Å². The largest absolute Gasteiger partial charge is 0.401 e. The lowest BCUT2D eigenvalue weighted by Crippen LogP contribution is -2.40. The number of likely N-dealkylation sites (tertiary alicyclic amines) is 1. The SMILES string of the molecule is Cl.Cl.NCC(=O)NCCC1CCN(CC(F)(F)F)CC1. The number of rotatable bonds is 5. The number of piperidine rings is 1. The number of carbonyl (C=O) groups is 1. The lowest BCUT2D eigenvalue weighted by atomic mass is 9.93. The Hall–Kier alpha value is -0.240. The van der Waals surface area contributed by atoms with Crippen LogP contribution >= 0.6 is 24.8 Å². The van der Waals surface area contributed by atoms with E-state index in [1.807, 2.05) is 0 Å². The Labute approximate surface area is 129 Å². The summed E-state index contributed by atoms with van der Waals surface area (Å²) >= 11 is 0. The van der Waals surface area contributed by atoms with Crippen LogP contribution in [-0.4, -0.2) is 49.7 Å². The second-order valence-electron chi connectivity index (χ2n) is 4.68. The van der Waals surface area contributed by atoms with Crippen molar-refractivity contribution in [3.8, 4) is 0 Å². The van der Waals surface area contributed by atoms with Gasteiger partial charge in [-0.2, -0.15) is 13.2 Å². The number of alkyl halides is 3. The zero-order chi connectivity index (χ0) is 13.6. The fourth-order valence-electron chi connectivity index (χ4n) is 2.17. The molecular formula is C11H22Cl2F3N3O. The Bertz CT molecular complexity index is 272. The second kappa shape index (κ2) is 10.5. The van der Waals surface area contributed by atoms with E-state index >= 15 is 0 Å². The molecule has 122 valence electrons. The quantitative estimate of drug-likeness (QED) is 0.799. The van der Waals surface area contributed by atoms with E-state index in [-0.39, 0.29) is 37.3 Å². The third-order valence-electron chi connectivity index (χ3n) is 3.17.